The van der Waals surface area contributed by atoms with Crippen LogP contribution in [0.25, 0.3) is 5.65 Å². The Morgan fingerprint density at radius 1 is 1.28 bits per heavy atom. The molecule has 0 amide bonds. The molecule has 0 spiro atoms. The van der Waals surface area contributed by atoms with Crippen LogP contribution in [0.15, 0.2) is 48.8 Å². The average Bonchev–Trinajstić information content (AvgIpc) is 2.96. The summed E-state index contributed by atoms with van der Waals surface area (Å²) in [5.74, 6) is 0.0312. The van der Waals surface area contributed by atoms with Crippen LogP contribution in [0.4, 0.5) is 8.78 Å². The van der Waals surface area contributed by atoms with E-state index in [4.69, 9.17) is 0 Å². The van der Waals surface area contributed by atoms with Crippen molar-refractivity contribution in [2.45, 2.75) is 26.2 Å². The van der Waals surface area contributed by atoms with E-state index >= 15 is 0 Å². The van der Waals surface area contributed by atoms with Gasteiger partial charge in [-0.05, 0) is 42.3 Å². The highest BCUT2D eigenvalue weighted by atomic mass is 19.3. The predicted octanol–water partition coefficient (Wildman–Crippen LogP) is 3.07. The van der Waals surface area contributed by atoms with Crippen LogP contribution in [-0.4, -0.2) is 27.6 Å². The number of ether oxygens (including phenoxy) is 1. The molecule has 3 rings (SSSR count). The van der Waals surface area contributed by atoms with Crippen LogP contribution in [0, 0.1) is 6.92 Å². The largest absolute Gasteiger partial charge is 0.435 e. The molecule has 25 heavy (non-hydrogen) atoms. The highest BCUT2D eigenvalue weighted by Gasteiger charge is 2.11. The number of halogens is 2. The number of aliphatic hydroxyl groups is 1. The number of nitrogens with one attached hydrogen (secondary N) is 1. The van der Waals surface area contributed by atoms with E-state index in [2.05, 4.69) is 15.0 Å². The lowest BCUT2D eigenvalue weighted by Crippen LogP contribution is -2.21. The average molecular weight is 347 g/mol. The van der Waals surface area contributed by atoms with Gasteiger partial charge in [-0.1, -0.05) is 12.1 Å². The zero-order chi connectivity index (χ0) is 17.8. The molecular weight excluding hydrogens is 328 g/mol. The van der Waals surface area contributed by atoms with Gasteiger partial charge in [0.05, 0.1) is 18.0 Å². The maximum Gasteiger partial charge on any atom is 0.387 e. The molecule has 0 aliphatic heterocycles. The lowest BCUT2D eigenvalue weighted by atomic mass is 10.1. The minimum atomic E-state index is -2.88. The van der Waals surface area contributed by atoms with Crippen LogP contribution < -0.4 is 10.1 Å². The van der Waals surface area contributed by atoms with E-state index in [0.717, 1.165) is 16.9 Å². The Bertz CT molecular complexity index is 851. The minimum absolute atomic E-state index is 0.0312. The van der Waals surface area contributed by atoms with Crippen LogP contribution in [0.5, 0.6) is 5.75 Å². The Labute approximate surface area is 143 Å². The number of pyridine rings is 1. The van der Waals surface area contributed by atoms with E-state index in [0.29, 0.717) is 12.1 Å². The second-order valence-electron chi connectivity index (χ2n) is 5.78. The fourth-order valence-electron chi connectivity index (χ4n) is 2.62. The fraction of sp³-hybridized carbons (Fsp3) is 0.278. The summed E-state index contributed by atoms with van der Waals surface area (Å²) in [5, 5.41) is 13.4. The summed E-state index contributed by atoms with van der Waals surface area (Å²) in [6.45, 7) is -0.0788. The fourth-order valence-corrected chi connectivity index (χ4v) is 2.62. The maximum atomic E-state index is 12.3. The summed E-state index contributed by atoms with van der Waals surface area (Å²) in [7, 11) is 0. The van der Waals surface area contributed by atoms with Gasteiger partial charge < -0.3 is 19.6 Å². The molecule has 0 bridgehead atoms. The van der Waals surface area contributed by atoms with Gasteiger partial charge in [0.1, 0.15) is 11.4 Å². The van der Waals surface area contributed by atoms with E-state index in [-0.39, 0.29) is 12.3 Å². The number of nitrogens with zero attached hydrogens (tertiary/aromatic N) is 2. The molecule has 0 fully saturated rings. The third kappa shape index (κ3) is 4.32. The first-order valence-corrected chi connectivity index (χ1v) is 7.89. The number of hydrogen-bond acceptors (Lipinski definition) is 4. The highest BCUT2D eigenvalue weighted by molar-refractivity contribution is 5.42. The van der Waals surface area contributed by atoms with Crippen LogP contribution in [0.1, 0.15) is 22.9 Å². The van der Waals surface area contributed by atoms with Crippen molar-refractivity contribution in [2.24, 2.45) is 0 Å². The molecule has 0 aliphatic rings. The summed E-state index contributed by atoms with van der Waals surface area (Å²) in [4.78, 5) is 4.35. The van der Waals surface area contributed by atoms with Gasteiger partial charge in [0.2, 0.25) is 0 Å². The van der Waals surface area contributed by atoms with Crippen molar-refractivity contribution < 1.29 is 18.6 Å². The summed E-state index contributed by atoms with van der Waals surface area (Å²) in [5.41, 5.74) is 3.49. The van der Waals surface area contributed by atoms with Crippen LogP contribution >= 0.6 is 0 Å². The van der Waals surface area contributed by atoms with Crippen molar-refractivity contribution in [2.75, 3.05) is 6.54 Å². The molecule has 2 N–H and O–H groups in total. The molecule has 5 nitrogen and oxygen atoms in total. The lowest BCUT2D eigenvalue weighted by molar-refractivity contribution is -0.0499. The first-order valence-electron chi connectivity index (χ1n) is 7.89. The van der Waals surface area contributed by atoms with Crippen LogP contribution in [0.2, 0.25) is 0 Å². The molecule has 1 unspecified atom stereocenters. The van der Waals surface area contributed by atoms with E-state index < -0.39 is 12.7 Å². The molecule has 7 heteroatoms. The van der Waals surface area contributed by atoms with Gasteiger partial charge in [-0.15, -0.1) is 0 Å². The zero-order valence-electron chi connectivity index (χ0n) is 13.7. The topological polar surface area (TPSA) is 58.8 Å². The second kappa shape index (κ2) is 7.58. The Morgan fingerprint density at radius 3 is 2.92 bits per heavy atom. The van der Waals surface area contributed by atoms with Crippen LogP contribution in [-0.2, 0) is 6.54 Å². The highest BCUT2D eigenvalue weighted by Crippen LogP contribution is 2.20. The molecule has 0 aliphatic carbocycles. The second-order valence-corrected chi connectivity index (χ2v) is 5.78. The van der Waals surface area contributed by atoms with Crippen molar-refractivity contribution >= 4 is 5.65 Å². The first kappa shape index (κ1) is 17.3. The number of alkyl halides is 2. The first-order chi connectivity index (χ1) is 12.0. The molecule has 1 atom stereocenters. The predicted molar refractivity (Wildman–Crippen MR) is 89.7 cm³/mol. The molecule has 0 radical (unpaired) electrons. The number of fused-ring (bicyclic) bond motifs is 1. The smallest absolute Gasteiger partial charge is 0.387 e. The zero-order valence-corrected chi connectivity index (χ0v) is 13.7. The van der Waals surface area contributed by atoms with Crippen molar-refractivity contribution in [3.8, 4) is 5.75 Å². The molecule has 3 aromatic rings. The Kier molecular flexibility index (Phi) is 5.25. The summed E-state index contributed by atoms with van der Waals surface area (Å²) < 4.78 is 30.8. The van der Waals surface area contributed by atoms with E-state index in [1.165, 1.54) is 12.1 Å². The molecule has 2 heterocycles. The van der Waals surface area contributed by atoms with Crippen molar-refractivity contribution in [3.63, 3.8) is 0 Å². The lowest BCUT2D eigenvalue weighted by Gasteiger charge is -2.13. The summed E-state index contributed by atoms with van der Waals surface area (Å²) in [6, 6.07) is 10.1. The van der Waals surface area contributed by atoms with Gasteiger partial charge in [-0.2, -0.15) is 8.78 Å². The number of aryl methyl sites for hydroxylation is 1. The molecule has 0 saturated carbocycles. The number of hydrogen-bond donors (Lipinski definition) is 2. The number of aromatic nitrogens is 2. The van der Waals surface area contributed by atoms with Gasteiger partial charge in [-0.3, -0.25) is 0 Å². The Morgan fingerprint density at radius 2 is 2.12 bits per heavy atom. The van der Waals surface area contributed by atoms with Crippen LogP contribution in [0.3, 0.4) is 0 Å². The summed E-state index contributed by atoms with van der Waals surface area (Å²) in [6.07, 6.45) is 2.91. The number of aliphatic hydroxyl groups excluding tert-OH is 1. The monoisotopic (exact) mass is 347 g/mol. The third-order valence-electron chi connectivity index (χ3n) is 3.86. The number of benzene rings is 1. The van der Waals surface area contributed by atoms with Gasteiger partial charge >= 0.3 is 6.61 Å². The summed E-state index contributed by atoms with van der Waals surface area (Å²) >= 11 is 0. The maximum absolute atomic E-state index is 12.3. The molecular formula is C18H19F2N3O2. The van der Waals surface area contributed by atoms with Gasteiger partial charge in [0.25, 0.3) is 0 Å². The van der Waals surface area contributed by atoms with Crippen molar-refractivity contribution in [1.82, 2.24) is 14.7 Å². The standard InChI is InChI=1S/C18H19F2N3O2/c1-12-5-6-23-14(10-22-17(23)7-12)9-21-11-16(24)13-3-2-4-15(8-13)25-18(19)20/h2-8,10,16,18,21,24H,9,11H2,1H3. The minimum Gasteiger partial charge on any atom is -0.435 e. The van der Waals surface area contributed by atoms with E-state index in [1.54, 1.807) is 18.3 Å². The number of rotatable bonds is 7. The van der Waals surface area contributed by atoms with Gasteiger partial charge in [0, 0.05) is 19.3 Å². The Hall–Kier alpha value is -2.51. The van der Waals surface area contributed by atoms with Gasteiger partial charge in [-0.25, -0.2) is 4.98 Å². The third-order valence-corrected chi connectivity index (χ3v) is 3.86. The van der Waals surface area contributed by atoms with E-state index in [1.807, 2.05) is 29.7 Å². The molecule has 132 valence electrons. The van der Waals surface area contributed by atoms with E-state index in [9.17, 15) is 13.9 Å². The number of imidazole rings is 1. The quantitative estimate of drug-likeness (QED) is 0.690. The molecule has 0 saturated heterocycles. The normalized spacial score (nSPS) is 12.7. The van der Waals surface area contributed by atoms with Gasteiger partial charge in [0.15, 0.2) is 0 Å². The SMILES string of the molecule is Cc1ccn2c(CNCC(O)c3cccc(OC(F)F)c3)cnc2c1. The molecule has 1 aromatic carbocycles. The Balaban J connectivity index is 1.59. The van der Waals surface area contributed by atoms with Crippen molar-refractivity contribution in [1.29, 1.82) is 0 Å². The van der Waals surface area contributed by atoms with Crippen molar-refractivity contribution in [3.05, 3.63) is 65.6 Å². The molecule has 2 aromatic heterocycles.